The van der Waals surface area contributed by atoms with Crippen LogP contribution >= 0.6 is 0 Å². The zero-order valence-corrected chi connectivity index (χ0v) is 12.1. The molecule has 0 fully saturated rings. The van der Waals surface area contributed by atoms with E-state index in [0.717, 1.165) is 31.6 Å². The molecular weight excluding hydrogens is 226 g/mol. The van der Waals surface area contributed by atoms with Crippen LogP contribution in [0.3, 0.4) is 0 Å². The molecule has 1 aromatic rings. The summed E-state index contributed by atoms with van der Waals surface area (Å²) in [5.41, 5.74) is 0.132. The van der Waals surface area contributed by atoms with E-state index in [-0.39, 0.29) is 11.5 Å². The molecule has 0 aliphatic rings. The van der Waals surface area contributed by atoms with Crippen molar-refractivity contribution >= 4 is 0 Å². The predicted octanol–water partition coefficient (Wildman–Crippen LogP) is 2.99. The normalized spacial score (nSPS) is 15.6. The lowest BCUT2D eigenvalue weighted by molar-refractivity contribution is 0.126. The Balaban J connectivity index is 2.21. The first-order valence-electron chi connectivity index (χ1n) is 6.83. The molecule has 1 heterocycles. The second kappa shape index (κ2) is 6.95. The van der Waals surface area contributed by atoms with E-state index in [1.807, 2.05) is 19.1 Å². The van der Waals surface area contributed by atoms with Crippen LogP contribution in [0.1, 0.15) is 46.3 Å². The first kappa shape index (κ1) is 15.3. The summed E-state index contributed by atoms with van der Waals surface area (Å²) < 4.78 is 5.32. The van der Waals surface area contributed by atoms with Crippen LogP contribution in [0, 0.1) is 5.41 Å². The van der Waals surface area contributed by atoms with Crippen LogP contribution in [0.2, 0.25) is 0 Å². The maximum Gasteiger partial charge on any atom is 0.103 e. The van der Waals surface area contributed by atoms with Gasteiger partial charge in [0.05, 0.1) is 12.4 Å². The SMILES string of the molecule is CC(O)CC(C)(C)CNC(C)CCc1ccco1. The van der Waals surface area contributed by atoms with Crippen molar-refractivity contribution in [3.05, 3.63) is 24.2 Å². The molecule has 1 aromatic heterocycles. The maximum absolute atomic E-state index is 9.44. The Morgan fingerprint density at radius 2 is 2.11 bits per heavy atom. The summed E-state index contributed by atoms with van der Waals surface area (Å²) in [6.45, 7) is 9.35. The molecule has 3 nitrogen and oxygen atoms in total. The van der Waals surface area contributed by atoms with E-state index in [0.29, 0.717) is 6.04 Å². The number of hydrogen-bond acceptors (Lipinski definition) is 3. The third-order valence-electron chi connectivity index (χ3n) is 3.18. The molecule has 18 heavy (non-hydrogen) atoms. The highest BCUT2D eigenvalue weighted by molar-refractivity contribution is 4.98. The quantitative estimate of drug-likeness (QED) is 0.748. The van der Waals surface area contributed by atoms with Gasteiger partial charge in [0, 0.05) is 19.0 Å². The van der Waals surface area contributed by atoms with Gasteiger partial charge in [-0.25, -0.2) is 0 Å². The lowest BCUT2D eigenvalue weighted by Gasteiger charge is -2.28. The second-order valence-electron chi connectivity index (χ2n) is 6.12. The largest absolute Gasteiger partial charge is 0.469 e. The third kappa shape index (κ3) is 6.22. The third-order valence-corrected chi connectivity index (χ3v) is 3.18. The highest BCUT2D eigenvalue weighted by Crippen LogP contribution is 2.21. The minimum atomic E-state index is -0.236. The van der Waals surface area contributed by atoms with Crippen molar-refractivity contribution < 1.29 is 9.52 Å². The number of nitrogens with one attached hydrogen (secondary N) is 1. The van der Waals surface area contributed by atoms with Crippen molar-refractivity contribution in [2.75, 3.05) is 6.54 Å². The van der Waals surface area contributed by atoms with Crippen molar-refractivity contribution in [1.29, 1.82) is 0 Å². The molecule has 3 heteroatoms. The summed E-state index contributed by atoms with van der Waals surface area (Å²) in [6, 6.07) is 4.41. The van der Waals surface area contributed by atoms with Crippen LogP contribution in [0.15, 0.2) is 22.8 Å². The Kier molecular flexibility index (Phi) is 5.89. The van der Waals surface area contributed by atoms with Crippen LogP contribution in [0.5, 0.6) is 0 Å². The molecule has 2 unspecified atom stereocenters. The van der Waals surface area contributed by atoms with Gasteiger partial charge in [-0.05, 0) is 44.2 Å². The van der Waals surface area contributed by atoms with E-state index in [4.69, 9.17) is 4.42 Å². The number of aliphatic hydroxyl groups excluding tert-OH is 1. The molecule has 0 saturated carbocycles. The molecule has 2 N–H and O–H groups in total. The minimum absolute atomic E-state index is 0.132. The highest BCUT2D eigenvalue weighted by Gasteiger charge is 2.20. The molecule has 1 rings (SSSR count). The maximum atomic E-state index is 9.44. The van der Waals surface area contributed by atoms with Gasteiger partial charge in [-0.3, -0.25) is 0 Å². The van der Waals surface area contributed by atoms with Gasteiger partial charge < -0.3 is 14.8 Å². The number of aliphatic hydroxyl groups is 1. The molecule has 104 valence electrons. The summed E-state index contributed by atoms with van der Waals surface area (Å²) in [4.78, 5) is 0. The van der Waals surface area contributed by atoms with Crippen LogP contribution in [-0.4, -0.2) is 23.8 Å². The Morgan fingerprint density at radius 1 is 1.39 bits per heavy atom. The molecule has 0 amide bonds. The standard InChI is InChI=1S/C15H27NO2/c1-12(7-8-14-6-5-9-18-14)16-11-15(3,4)10-13(2)17/h5-6,9,12-13,16-17H,7-8,10-11H2,1-4H3. The van der Waals surface area contributed by atoms with E-state index < -0.39 is 0 Å². The fraction of sp³-hybridized carbons (Fsp3) is 0.733. The summed E-state index contributed by atoms with van der Waals surface area (Å²) in [5, 5.41) is 13.0. The van der Waals surface area contributed by atoms with E-state index in [2.05, 4.69) is 26.1 Å². The van der Waals surface area contributed by atoms with E-state index >= 15 is 0 Å². The number of aryl methyl sites for hydroxylation is 1. The summed E-state index contributed by atoms with van der Waals surface area (Å²) in [7, 11) is 0. The van der Waals surface area contributed by atoms with Gasteiger partial charge in [-0.15, -0.1) is 0 Å². The first-order valence-corrected chi connectivity index (χ1v) is 6.83. The Hall–Kier alpha value is -0.800. The molecular formula is C15H27NO2. The first-order chi connectivity index (χ1) is 8.39. The van der Waals surface area contributed by atoms with Gasteiger partial charge in [0.1, 0.15) is 5.76 Å². The average molecular weight is 253 g/mol. The highest BCUT2D eigenvalue weighted by atomic mass is 16.3. The minimum Gasteiger partial charge on any atom is -0.469 e. The molecule has 0 radical (unpaired) electrons. The van der Waals surface area contributed by atoms with Crippen LogP contribution in [0.25, 0.3) is 0 Å². The summed E-state index contributed by atoms with van der Waals surface area (Å²) >= 11 is 0. The molecule has 0 bridgehead atoms. The molecule has 0 aliphatic heterocycles. The fourth-order valence-corrected chi connectivity index (χ4v) is 2.24. The lowest BCUT2D eigenvalue weighted by atomic mass is 9.86. The molecule has 2 atom stereocenters. The van der Waals surface area contributed by atoms with Crippen molar-refractivity contribution in [1.82, 2.24) is 5.32 Å². The summed E-state index contributed by atoms with van der Waals surface area (Å²) in [6.07, 6.45) is 4.35. The zero-order chi connectivity index (χ0) is 13.6. The number of hydrogen-bond donors (Lipinski definition) is 2. The van der Waals surface area contributed by atoms with Gasteiger partial charge >= 0.3 is 0 Å². The molecule has 0 spiro atoms. The van der Waals surface area contributed by atoms with Crippen molar-refractivity contribution in [2.24, 2.45) is 5.41 Å². The van der Waals surface area contributed by atoms with Crippen molar-refractivity contribution in [3.63, 3.8) is 0 Å². The monoisotopic (exact) mass is 253 g/mol. The van der Waals surface area contributed by atoms with E-state index in [1.165, 1.54) is 0 Å². The van der Waals surface area contributed by atoms with Crippen molar-refractivity contribution in [3.8, 4) is 0 Å². The van der Waals surface area contributed by atoms with Crippen LogP contribution < -0.4 is 5.32 Å². The zero-order valence-electron chi connectivity index (χ0n) is 12.1. The topological polar surface area (TPSA) is 45.4 Å². The van der Waals surface area contributed by atoms with Gasteiger partial charge in [-0.2, -0.15) is 0 Å². The summed E-state index contributed by atoms with van der Waals surface area (Å²) in [5.74, 6) is 1.05. The predicted molar refractivity (Wildman–Crippen MR) is 74.6 cm³/mol. The number of furan rings is 1. The van der Waals surface area contributed by atoms with Crippen molar-refractivity contribution in [2.45, 2.75) is 59.1 Å². The van der Waals surface area contributed by atoms with Gasteiger partial charge in [-0.1, -0.05) is 13.8 Å². The smallest absolute Gasteiger partial charge is 0.103 e. The Bertz CT molecular complexity index is 317. The van der Waals surface area contributed by atoms with Crippen LogP contribution in [0.4, 0.5) is 0 Å². The van der Waals surface area contributed by atoms with E-state index in [1.54, 1.807) is 6.26 Å². The molecule has 0 aliphatic carbocycles. The van der Waals surface area contributed by atoms with Gasteiger partial charge in [0.2, 0.25) is 0 Å². The Morgan fingerprint density at radius 3 is 2.67 bits per heavy atom. The number of rotatable bonds is 8. The Labute approximate surface area is 111 Å². The lowest BCUT2D eigenvalue weighted by Crippen LogP contribution is -2.37. The van der Waals surface area contributed by atoms with Crippen LogP contribution in [-0.2, 0) is 6.42 Å². The fourth-order valence-electron chi connectivity index (χ4n) is 2.24. The molecule has 0 saturated heterocycles. The molecule has 0 aromatic carbocycles. The van der Waals surface area contributed by atoms with Gasteiger partial charge in [0.25, 0.3) is 0 Å². The average Bonchev–Trinajstić information content (AvgIpc) is 2.74. The van der Waals surface area contributed by atoms with E-state index in [9.17, 15) is 5.11 Å². The van der Waals surface area contributed by atoms with Gasteiger partial charge in [0.15, 0.2) is 0 Å². The second-order valence-corrected chi connectivity index (χ2v) is 6.12.